The minimum atomic E-state index is -0.343. The van der Waals surface area contributed by atoms with Gasteiger partial charge in [-0.2, -0.15) is 0 Å². The Morgan fingerprint density at radius 2 is 2.12 bits per heavy atom. The summed E-state index contributed by atoms with van der Waals surface area (Å²) >= 11 is 15.0. The van der Waals surface area contributed by atoms with Crippen molar-refractivity contribution in [2.75, 3.05) is 5.88 Å². The van der Waals surface area contributed by atoms with Gasteiger partial charge >= 0.3 is 0 Å². The van der Waals surface area contributed by atoms with Crippen molar-refractivity contribution in [3.8, 4) is 0 Å². The number of rotatable bonds is 4. The number of carbonyl (C=O) groups excluding carboxylic acids is 1. The van der Waals surface area contributed by atoms with E-state index < -0.39 is 0 Å². The summed E-state index contributed by atoms with van der Waals surface area (Å²) in [6.45, 7) is 3.86. The number of alkyl halides is 1. The van der Waals surface area contributed by atoms with E-state index in [-0.39, 0.29) is 11.4 Å². The normalized spacial score (nSPS) is 11.4. The molecule has 2 nitrogen and oxygen atoms in total. The number of nitrogens with one attached hydrogen (secondary N) is 1. The van der Waals surface area contributed by atoms with Crippen LogP contribution in [0.1, 0.15) is 30.6 Å². The van der Waals surface area contributed by atoms with Gasteiger partial charge in [-0.05, 0) is 38.5 Å². The Morgan fingerprint density at radius 3 is 2.71 bits per heavy atom. The molecule has 5 heteroatoms. The van der Waals surface area contributed by atoms with E-state index in [4.69, 9.17) is 23.2 Å². The Labute approximate surface area is 120 Å². The molecule has 0 aliphatic carbocycles. The van der Waals surface area contributed by atoms with Gasteiger partial charge in [-0.25, -0.2) is 0 Å². The molecule has 0 saturated carbocycles. The van der Waals surface area contributed by atoms with E-state index in [1.54, 1.807) is 18.2 Å². The molecule has 0 saturated heterocycles. The molecule has 0 aliphatic rings. The molecule has 0 atom stereocenters. The van der Waals surface area contributed by atoms with Crippen molar-refractivity contribution in [1.29, 1.82) is 0 Å². The van der Waals surface area contributed by atoms with Gasteiger partial charge in [-0.3, -0.25) is 4.79 Å². The van der Waals surface area contributed by atoms with Crippen LogP contribution in [0.25, 0.3) is 0 Å². The highest BCUT2D eigenvalue weighted by Crippen LogP contribution is 2.22. The Hall–Kier alpha value is -0.250. The first kappa shape index (κ1) is 14.8. The predicted molar refractivity (Wildman–Crippen MR) is 76.0 cm³/mol. The van der Waals surface area contributed by atoms with Crippen molar-refractivity contribution in [1.82, 2.24) is 5.32 Å². The highest BCUT2D eigenvalue weighted by molar-refractivity contribution is 9.10. The van der Waals surface area contributed by atoms with Crippen molar-refractivity contribution >= 4 is 45.0 Å². The molecule has 1 amide bonds. The predicted octanol–water partition coefficient (Wildman–Crippen LogP) is 4.24. The van der Waals surface area contributed by atoms with E-state index in [2.05, 4.69) is 21.2 Å². The first-order chi connectivity index (χ1) is 7.85. The zero-order valence-electron chi connectivity index (χ0n) is 9.69. The van der Waals surface area contributed by atoms with E-state index in [0.29, 0.717) is 22.9 Å². The van der Waals surface area contributed by atoms with Gasteiger partial charge < -0.3 is 5.32 Å². The molecule has 0 fully saturated rings. The van der Waals surface area contributed by atoms with Crippen LogP contribution < -0.4 is 5.32 Å². The largest absolute Gasteiger partial charge is 0.347 e. The lowest BCUT2D eigenvalue weighted by Gasteiger charge is -2.25. The lowest BCUT2D eigenvalue weighted by atomic mass is 10.0. The van der Waals surface area contributed by atoms with Crippen LogP contribution in [0.5, 0.6) is 0 Å². The average molecular weight is 339 g/mol. The third-order valence-electron chi connectivity index (χ3n) is 2.34. The topological polar surface area (TPSA) is 29.1 Å². The Balaban J connectivity index is 2.86. The SMILES string of the molecule is CC(C)(CCCl)NC(=O)c1cc(Br)ccc1Cl. The molecule has 0 aliphatic heterocycles. The molecule has 94 valence electrons. The molecule has 1 N–H and O–H groups in total. The summed E-state index contributed by atoms with van der Waals surface area (Å²) in [6, 6.07) is 5.19. The van der Waals surface area contributed by atoms with E-state index >= 15 is 0 Å². The highest BCUT2D eigenvalue weighted by Gasteiger charge is 2.21. The Kier molecular flexibility index (Phi) is 5.29. The number of hydrogen-bond acceptors (Lipinski definition) is 1. The number of halogens is 3. The Morgan fingerprint density at radius 1 is 1.47 bits per heavy atom. The van der Waals surface area contributed by atoms with E-state index in [0.717, 1.165) is 4.47 Å². The summed E-state index contributed by atoms with van der Waals surface area (Å²) < 4.78 is 0.821. The number of amides is 1. The van der Waals surface area contributed by atoms with Crippen molar-refractivity contribution in [3.05, 3.63) is 33.3 Å². The van der Waals surface area contributed by atoms with Crippen LogP contribution in [0.15, 0.2) is 22.7 Å². The second-order valence-electron chi connectivity index (χ2n) is 4.40. The first-order valence-corrected chi connectivity index (χ1v) is 6.90. The quantitative estimate of drug-likeness (QED) is 0.817. The monoisotopic (exact) mass is 337 g/mol. The molecule has 0 unspecified atom stereocenters. The third-order valence-corrected chi connectivity index (χ3v) is 3.36. The summed E-state index contributed by atoms with van der Waals surface area (Å²) in [4.78, 5) is 12.0. The van der Waals surface area contributed by atoms with Crippen LogP contribution in [-0.2, 0) is 0 Å². The minimum absolute atomic E-state index is 0.189. The van der Waals surface area contributed by atoms with E-state index in [1.807, 2.05) is 13.8 Å². The van der Waals surface area contributed by atoms with Gasteiger partial charge in [0.2, 0.25) is 0 Å². The third kappa shape index (κ3) is 4.49. The molecule has 0 radical (unpaired) electrons. The van der Waals surface area contributed by atoms with Gasteiger partial charge in [-0.1, -0.05) is 27.5 Å². The Bertz CT molecular complexity index is 421. The fraction of sp³-hybridized carbons (Fsp3) is 0.417. The van der Waals surface area contributed by atoms with Crippen LogP contribution in [-0.4, -0.2) is 17.3 Å². The fourth-order valence-corrected chi connectivity index (χ4v) is 2.38. The maximum absolute atomic E-state index is 12.0. The van der Waals surface area contributed by atoms with Crippen molar-refractivity contribution in [2.24, 2.45) is 0 Å². The van der Waals surface area contributed by atoms with Gasteiger partial charge in [-0.15, -0.1) is 11.6 Å². The van der Waals surface area contributed by atoms with Crippen LogP contribution in [0.3, 0.4) is 0 Å². The summed E-state index contributed by atoms with van der Waals surface area (Å²) in [7, 11) is 0. The van der Waals surface area contributed by atoms with Crippen molar-refractivity contribution in [3.63, 3.8) is 0 Å². The second kappa shape index (κ2) is 6.07. The standard InChI is InChI=1S/C12H14BrCl2NO/c1-12(2,5-6-14)16-11(17)9-7-8(13)3-4-10(9)15/h3-4,7H,5-6H2,1-2H3,(H,16,17). The lowest BCUT2D eigenvalue weighted by Crippen LogP contribution is -2.43. The van der Waals surface area contributed by atoms with Crippen molar-refractivity contribution < 1.29 is 4.79 Å². The van der Waals surface area contributed by atoms with Gasteiger partial charge in [0.05, 0.1) is 10.6 Å². The maximum Gasteiger partial charge on any atom is 0.253 e. The zero-order chi connectivity index (χ0) is 13.1. The summed E-state index contributed by atoms with van der Waals surface area (Å²) in [6.07, 6.45) is 0.700. The molecule has 0 aromatic heterocycles. The van der Waals surface area contributed by atoms with E-state index in [9.17, 15) is 4.79 Å². The van der Waals surface area contributed by atoms with Gasteiger partial charge in [0.25, 0.3) is 5.91 Å². The lowest BCUT2D eigenvalue weighted by molar-refractivity contribution is 0.0912. The van der Waals surface area contributed by atoms with Crippen LogP contribution >= 0.6 is 39.1 Å². The zero-order valence-corrected chi connectivity index (χ0v) is 12.8. The number of carbonyl (C=O) groups is 1. The molecular weight excluding hydrogens is 325 g/mol. The van der Waals surface area contributed by atoms with Gasteiger partial charge in [0.1, 0.15) is 0 Å². The molecule has 1 rings (SSSR count). The van der Waals surface area contributed by atoms with Gasteiger partial charge in [0, 0.05) is 15.9 Å². The summed E-state index contributed by atoms with van der Waals surface area (Å²) in [5.74, 6) is 0.311. The average Bonchev–Trinajstić information content (AvgIpc) is 2.20. The molecular formula is C12H14BrCl2NO. The van der Waals surface area contributed by atoms with Gasteiger partial charge in [0.15, 0.2) is 0 Å². The smallest absolute Gasteiger partial charge is 0.253 e. The van der Waals surface area contributed by atoms with Crippen molar-refractivity contribution in [2.45, 2.75) is 25.8 Å². The molecule has 0 heterocycles. The maximum atomic E-state index is 12.0. The number of hydrogen-bond donors (Lipinski definition) is 1. The summed E-state index contributed by atoms with van der Waals surface area (Å²) in [5.41, 5.74) is 0.119. The first-order valence-electron chi connectivity index (χ1n) is 5.19. The molecule has 0 bridgehead atoms. The minimum Gasteiger partial charge on any atom is -0.347 e. The molecule has 1 aromatic carbocycles. The van der Waals surface area contributed by atoms with Crippen LogP contribution in [0.4, 0.5) is 0 Å². The van der Waals surface area contributed by atoms with Crippen LogP contribution in [0, 0.1) is 0 Å². The van der Waals surface area contributed by atoms with Crippen LogP contribution in [0.2, 0.25) is 5.02 Å². The summed E-state index contributed by atoms with van der Waals surface area (Å²) in [5, 5.41) is 3.35. The fourth-order valence-electron chi connectivity index (χ4n) is 1.34. The molecule has 1 aromatic rings. The molecule has 17 heavy (non-hydrogen) atoms. The molecule has 0 spiro atoms. The van der Waals surface area contributed by atoms with E-state index in [1.165, 1.54) is 0 Å². The second-order valence-corrected chi connectivity index (χ2v) is 6.10. The number of benzene rings is 1. The highest BCUT2D eigenvalue weighted by atomic mass is 79.9.